The first kappa shape index (κ1) is 10.1. The Hall–Kier alpha value is -0.440. The SMILES string of the molecule is COC1(N=NC2CCCC2)CCCC1. The maximum Gasteiger partial charge on any atom is 0.178 e. The highest BCUT2D eigenvalue weighted by molar-refractivity contribution is 4.83. The Kier molecular flexibility index (Phi) is 3.16. The van der Waals surface area contributed by atoms with Crippen molar-refractivity contribution in [3.63, 3.8) is 0 Å². The van der Waals surface area contributed by atoms with E-state index in [1.54, 1.807) is 7.11 Å². The van der Waals surface area contributed by atoms with Crippen molar-refractivity contribution in [1.29, 1.82) is 0 Å². The summed E-state index contributed by atoms with van der Waals surface area (Å²) in [4.78, 5) is 0. The molecule has 0 unspecified atom stereocenters. The molecule has 0 heterocycles. The van der Waals surface area contributed by atoms with Crippen LogP contribution in [0.2, 0.25) is 0 Å². The van der Waals surface area contributed by atoms with Crippen LogP contribution in [0, 0.1) is 0 Å². The van der Waals surface area contributed by atoms with Gasteiger partial charge in [-0.3, -0.25) is 0 Å². The standard InChI is InChI=1S/C11H20N2O/c1-14-11(8-4-5-9-11)13-12-10-6-2-3-7-10/h10H,2-9H2,1H3. The van der Waals surface area contributed by atoms with Crippen LogP contribution < -0.4 is 0 Å². The summed E-state index contributed by atoms with van der Waals surface area (Å²) in [6.45, 7) is 0. The minimum absolute atomic E-state index is 0.247. The molecule has 0 radical (unpaired) electrons. The van der Waals surface area contributed by atoms with Crippen molar-refractivity contribution in [2.45, 2.75) is 63.1 Å². The van der Waals surface area contributed by atoms with Gasteiger partial charge in [0.15, 0.2) is 5.72 Å². The predicted molar refractivity (Wildman–Crippen MR) is 55.3 cm³/mol. The Balaban J connectivity index is 1.92. The first-order valence-corrected chi connectivity index (χ1v) is 5.82. The highest BCUT2D eigenvalue weighted by atomic mass is 16.5. The molecule has 0 aromatic heterocycles. The molecule has 0 aromatic rings. The number of hydrogen-bond acceptors (Lipinski definition) is 3. The molecule has 3 heteroatoms. The molecule has 2 aliphatic carbocycles. The third-order valence-electron chi connectivity index (χ3n) is 3.49. The quantitative estimate of drug-likeness (QED) is 0.638. The summed E-state index contributed by atoms with van der Waals surface area (Å²) in [6.07, 6.45) is 9.68. The van der Waals surface area contributed by atoms with Gasteiger partial charge in [0.05, 0.1) is 6.04 Å². The summed E-state index contributed by atoms with van der Waals surface area (Å²) in [5.41, 5.74) is -0.247. The Morgan fingerprint density at radius 3 is 2.29 bits per heavy atom. The zero-order valence-electron chi connectivity index (χ0n) is 9.04. The molecule has 0 bridgehead atoms. The zero-order chi connectivity index (χ0) is 9.86. The molecule has 3 nitrogen and oxygen atoms in total. The number of ether oxygens (including phenoxy) is 1. The van der Waals surface area contributed by atoms with Gasteiger partial charge in [-0.05, 0) is 38.5 Å². The molecule has 0 saturated heterocycles. The van der Waals surface area contributed by atoms with Gasteiger partial charge in [-0.25, -0.2) is 0 Å². The fraction of sp³-hybridized carbons (Fsp3) is 1.00. The number of rotatable bonds is 3. The fourth-order valence-corrected chi connectivity index (χ4v) is 2.48. The third-order valence-corrected chi connectivity index (χ3v) is 3.49. The number of methoxy groups -OCH3 is 1. The van der Waals surface area contributed by atoms with Crippen LogP contribution in [0.5, 0.6) is 0 Å². The largest absolute Gasteiger partial charge is 0.355 e. The molecule has 0 N–H and O–H groups in total. The summed E-state index contributed by atoms with van der Waals surface area (Å²) >= 11 is 0. The van der Waals surface area contributed by atoms with E-state index in [4.69, 9.17) is 4.74 Å². The second-order valence-electron chi connectivity index (χ2n) is 4.51. The number of azo groups is 1. The summed E-state index contributed by atoms with van der Waals surface area (Å²) in [5.74, 6) is 0. The van der Waals surface area contributed by atoms with Crippen molar-refractivity contribution in [1.82, 2.24) is 0 Å². The summed E-state index contributed by atoms with van der Waals surface area (Å²) in [7, 11) is 1.76. The zero-order valence-corrected chi connectivity index (χ0v) is 9.04. The van der Waals surface area contributed by atoms with E-state index >= 15 is 0 Å². The molecule has 0 aliphatic heterocycles. The van der Waals surface area contributed by atoms with Crippen molar-refractivity contribution in [3.05, 3.63) is 0 Å². The molecule has 80 valence electrons. The van der Waals surface area contributed by atoms with Crippen molar-refractivity contribution in [3.8, 4) is 0 Å². The van der Waals surface area contributed by atoms with Gasteiger partial charge in [0.2, 0.25) is 0 Å². The Morgan fingerprint density at radius 2 is 1.71 bits per heavy atom. The smallest absolute Gasteiger partial charge is 0.178 e. The van der Waals surface area contributed by atoms with E-state index in [0.717, 1.165) is 12.8 Å². The van der Waals surface area contributed by atoms with E-state index < -0.39 is 0 Å². The molecule has 2 fully saturated rings. The van der Waals surface area contributed by atoms with E-state index in [9.17, 15) is 0 Å². The van der Waals surface area contributed by atoms with Gasteiger partial charge in [-0.2, -0.15) is 10.2 Å². The average molecular weight is 196 g/mol. The lowest BCUT2D eigenvalue weighted by atomic mass is 10.2. The van der Waals surface area contributed by atoms with E-state index in [1.807, 2.05) is 0 Å². The normalized spacial score (nSPS) is 27.8. The average Bonchev–Trinajstić information content (AvgIpc) is 2.87. The lowest BCUT2D eigenvalue weighted by Crippen LogP contribution is -2.24. The van der Waals surface area contributed by atoms with Crippen molar-refractivity contribution in [2.24, 2.45) is 10.2 Å². The van der Waals surface area contributed by atoms with E-state index in [1.165, 1.54) is 38.5 Å². The molecule has 0 atom stereocenters. The Morgan fingerprint density at radius 1 is 1.07 bits per heavy atom. The van der Waals surface area contributed by atoms with Gasteiger partial charge in [0.1, 0.15) is 0 Å². The van der Waals surface area contributed by atoms with Gasteiger partial charge >= 0.3 is 0 Å². The van der Waals surface area contributed by atoms with Crippen LogP contribution in [0.3, 0.4) is 0 Å². The first-order valence-electron chi connectivity index (χ1n) is 5.82. The van der Waals surface area contributed by atoms with Crippen LogP contribution in [-0.4, -0.2) is 18.9 Å². The Labute approximate surface area is 85.9 Å². The van der Waals surface area contributed by atoms with Crippen molar-refractivity contribution < 1.29 is 4.74 Å². The molecule has 0 amide bonds. The summed E-state index contributed by atoms with van der Waals surface area (Å²) < 4.78 is 5.50. The number of hydrogen-bond donors (Lipinski definition) is 0. The Bertz CT molecular complexity index is 203. The van der Waals surface area contributed by atoms with Crippen molar-refractivity contribution in [2.75, 3.05) is 7.11 Å². The minimum Gasteiger partial charge on any atom is -0.355 e. The molecule has 0 aromatic carbocycles. The second kappa shape index (κ2) is 4.39. The molecular formula is C11H20N2O. The highest BCUT2D eigenvalue weighted by Crippen LogP contribution is 2.35. The third kappa shape index (κ3) is 2.14. The molecule has 14 heavy (non-hydrogen) atoms. The summed E-state index contributed by atoms with van der Waals surface area (Å²) in [5, 5.41) is 8.91. The molecular weight excluding hydrogens is 176 g/mol. The second-order valence-corrected chi connectivity index (χ2v) is 4.51. The van der Waals surface area contributed by atoms with Gasteiger partial charge in [0.25, 0.3) is 0 Å². The van der Waals surface area contributed by atoms with Crippen LogP contribution in [0.15, 0.2) is 10.2 Å². The first-order chi connectivity index (χ1) is 6.85. The van der Waals surface area contributed by atoms with E-state index in [2.05, 4.69) is 10.2 Å². The van der Waals surface area contributed by atoms with Crippen LogP contribution in [-0.2, 0) is 4.74 Å². The van der Waals surface area contributed by atoms with Gasteiger partial charge in [-0.15, -0.1) is 0 Å². The maximum atomic E-state index is 5.50. The lowest BCUT2D eigenvalue weighted by Gasteiger charge is -2.21. The molecule has 0 spiro atoms. The predicted octanol–water partition coefficient (Wildman–Crippen LogP) is 3.30. The fourth-order valence-electron chi connectivity index (χ4n) is 2.48. The van der Waals surface area contributed by atoms with Crippen LogP contribution in [0.4, 0.5) is 0 Å². The van der Waals surface area contributed by atoms with E-state index in [-0.39, 0.29) is 5.72 Å². The minimum atomic E-state index is -0.247. The van der Waals surface area contributed by atoms with Crippen LogP contribution >= 0.6 is 0 Å². The molecule has 2 saturated carbocycles. The van der Waals surface area contributed by atoms with Gasteiger partial charge in [-0.1, -0.05) is 12.8 Å². The van der Waals surface area contributed by atoms with Crippen molar-refractivity contribution >= 4 is 0 Å². The molecule has 2 aliphatic rings. The number of nitrogens with zero attached hydrogens (tertiary/aromatic N) is 2. The topological polar surface area (TPSA) is 34.0 Å². The van der Waals surface area contributed by atoms with Crippen LogP contribution in [0.1, 0.15) is 51.4 Å². The lowest BCUT2D eigenvalue weighted by molar-refractivity contribution is -0.00383. The van der Waals surface area contributed by atoms with Crippen LogP contribution in [0.25, 0.3) is 0 Å². The maximum absolute atomic E-state index is 5.50. The monoisotopic (exact) mass is 196 g/mol. The van der Waals surface area contributed by atoms with Gasteiger partial charge in [0, 0.05) is 7.11 Å². The van der Waals surface area contributed by atoms with Gasteiger partial charge < -0.3 is 4.74 Å². The van der Waals surface area contributed by atoms with E-state index in [0.29, 0.717) is 6.04 Å². The molecule has 2 rings (SSSR count). The highest BCUT2D eigenvalue weighted by Gasteiger charge is 2.34. The summed E-state index contributed by atoms with van der Waals surface area (Å²) in [6, 6.07) is 0.489.